The summed E-state index contributed by atoms with van der Waals surface area (Å²) in [7, 11) is 1.42. The van der Waals surface area contributed by atoms with Crippen LogP contribution in [0, 0.1) is 5.82 Å². The lowest BCUT2D eigenvalue weighted by Gasteiger charge is -2.07. The van der Waals surface area contributed by atoms with E-state index in [1.807, 2.05) is 0 Å². The van der Waals surface area contributed by atoms with Crippen molar-refractivity contribution in [2.45, 2.75) is 5.16 Å². The quantitative estimate of drug-likeness (QED) is 0.683. The Balaban J connectivity index is 2.98. The summed E-state index contributed by atoms with van der Waals surface area (Å²) in [5.41, 5.74) is -0.410. The van der Waals surface area contributed by atoms with E-state index in [1.165, 1.54) is 24.9 Å². The van der Waals surface area contributed by atoms with Crippen molar-refractivity contribution in [1.82, 2.24) is 9.97 Å². The molecule has 0 aliphatic carbocycles. The largest absolute Gasteiger partial charge is 0.496 e. The number of benzene rings is 1. The lowest BCUT2D eigenvalue weighted by molar-refractivity contribution is 0.418. The number of thioether (sulfide) groups is 1. The number of hydrogen-bond donors (Lipinski definition) is 1. The number of aromatic amines is 1. The molecule has 1 aromatic carbocycles. The first-order chi connectivity index (χ1) is 8.08. The summed E-state index contributed by atoms with van der Waals surface area (Å²) in [6.07, 6.45) is 1.75. The van der Waals surface area contributed by atoms with Crippen LogP contribution in [0.1, 0.15) is 0 Å². The van der Waals surface area contributed by atoms with Crippen molar-refractivity contribution in [3.8, 4) is 5.75 Å². The van der Waals surface area contributed by atoms with Crippen molar-refractivity contribution >= 4 is 38.6 Å². The number of nitrogens with zero attached hydrogens (tertiary/aromatic N) is 1. The summed E-state index contributed by atoms with van der Waals surface area (Å²) in [6, 6.07) is 1.41. The zero-order chi connectivity index (χ0) is 12.6. The number of methoxy groups -OCH3 is 1. The van der Waals surface area contributed by atoms with Crippen molar-refractivity contribution in [2.24, 2.45) is 0 Å². The maximum Gasteiger partial charge on any atom is 0.263 e. The Labute approximate surface area is 109 Å². The number of ether oxygens (including phenoxy) is 1. The average Bonchev–Trinajstić information content (AvgIpc) is 2.33. The van der Waals surface area contributed by atoms with Crippen molar-refractivity contribution < 1.29 is 9.13 Å². The first kappa shape index (κ1) is 12.4. The highest BCUT2D eigenvalue weighted by molar-refractivity contribution is 9.10. The molecule has 1 heterocycles. The van der Waals surface area contributed by atoms with Gasteiger partial charge in [-0.3, -0.25) is 4.79 Å². The molecule has 2 aromatic rings. The number of fused-ring (bicyclic) bond motifs is 1. The number of aromatic nitrogens is 2. The van der Waals surface area contributed by atoms with E-state index >= 15 is 0 Å². The van der Waals surface area contributed by atoms with Crippen molar-refractivity contribution in [3.63, 3.8) is 0 Å². The molecule has 0 amide bonds. The molecule has 0 aliphatic heterocycles. The van der Waals surface area contributed by atoms with Crippen molar-refractivity contribution in [1.29, 1.82) is 0 Å². The lowest BCUT2D eigenvalue weighted by Crippen LogP contribution is -2.11. The number of rotatable bonds is 2. The molecular formula is C10H8BrFN2O2S. The third-order valence-electron chi connectivity index (χ3n) is 2.23. The zero-order valence-corrected chi connectivity index (χ0v) is 11.4. The molecule has 1 aromatic heterocycles. The highest BCUT2D eigenvalue weighted by atomic mass is 79.9. The van der Waals surface area contributed by atoms with E-state index in [0.29, 0.717) is 5.16 Å². The van der Waals surface area contributed by atoms with Crippen LogP contribution in [0.5, 0.6) is 5.75 Å². The second-order valence-electron chi connectivity index (χ2n) is 3.17. The van der Waals surface area contributed by atoms with E-state index in [9.17, 15) is 9.18 Å². The van der Waals surface area contributed by atoms with Gasteiger partial charge in [0.25, 0.3) is 5.56 Å². The molecule has 2 rings (SSSR count). The molecule has 90 valence electrons. The standard InChI is InChI=1S/C10H8BrFN2O2S/c1-16-5-3-4(11)7(12)8-6(5)9(15)14-10(13-8)17-2/h3H,1-2H3,(H,13,14,15). The van der Waals surface area contributed by atoms with Crippen molar-refractivity contribution in [2.75, 3.05) is 13.4 Å². The van der Waals surface area contributed by atoms with Gasteiger partial charge in [0.1, 0.15) is 16.7 Å². The summed E-state index contributed by atoms with van der Waals surface area (Å²) >= 11 is 4.30. The van der Waals surface area contributed by atoms with Crippen LogP contribution in [-0.4, -0.2) is 23.3 Å². The van der Waals surface area contributed by atoms with Crippen LogP contribution >= 0.6 is 27.7 Å². The highest BCUT2D eigenvalue weighted by Crippen LogP contribution is 2.30. The minimum Gasteiger partial charge on any atom is -0.496 e. The Morgan fingerprint density at radius 1 is 1.59 bits per heavy atom. The molecule has 17 heavy (non-hydrogen) atoms. The maximum absolute atomic E-state index is 13.9. The Bertz CT molecular complexity index is 644. The second kappa shape index (κ2) is 4.66. The molecule has 0 radical (unpaired) electrons. The second-order valence-corrected chi connectivity index (χ2v) is 4.82. The van der Waals surface area contributed by atoms with Gasteiger partial charge in [-0.15, -0.1) is 0 Å². The molecule has 4 nitrogen and oxygen atoms in total. The number of nitrogens with one attached hydrogen (secondary N) is 1. The van der Waals surface area contributed by atoms with E-state index in [4.69, 9.17) is 4.74 Å². The van der Waals surface area contributed by atoms with Gasteiger partial charge in [-0.05, 0) is 28.3 Å². The topological polar surface area (TPSA) is 55.0 Å². The highest BCUT2D eigenvalue weighted by Gasteiger charge is 2.16. The molecule has 0 aliphatic rings. The van der Waals surface area contributed by atoms with Crippen LogP contribution < -0.4 is 10.3 Å². The first-order valence-electron chi connectivity index (χ1n) is 4.58. The molecular weight excluding hydrogens is 311 g/mol. The number of H-pyrrole nitrogens is 1. The predicted octanol–water partition coefficient (Wildman–Crippen LogP) is 2.56. The van der Waals surface area contributed by atoms with Crippen LogP contribution in [0.2, 0.25) is 0 Å². The van der Waals surface area contributed by atoms with E-state index in [0.717, 1.165) is 0 Å². The SMILES string of the molecule is COc1cc(Br)c(F)c2nc(SC)[nH]c(=O)c12. The van der Waals surface area contributed by atoms with Gasteiger partial charge < -0.3 is 9.72 Å². The fraction of sp³-hybridized carbons (Fsp3) is 0.200. The van der Waals surface area contributed by atoms with Crippen molar-refractivity contribution in [3.05, 3.63) is 26.7 Å². The Morgan fingerprint density at radius 2 is 2.29 bits per heavy atom. The minimum absolute atomic E-state index is 0.00400. The summed E-state index contributed by atoms with van der Waals surface area (Å²) in [5.74, 6) is -0.281. The molecule has 1 N–H and O–H groups in total. The lowest BCUT2D eigenvalue weighted by atomic mass is 10.2. The smallest absolute Gasteiger partial charge is 0.263 e. The van der Waals surface area contributed by atoms with Crippen LogP contribution in [0.25, 0.3) is 10.9 Å². The van der Waals surface area contributed by atoms with Crippen LogP contribution in [0.15, 0.2) is 20.5 Å². The van der Waals surface area contributed by atoms with Gasteiger partial charge >= 0.3 is 0 Å². The monoisotopic (exact) mass is 318 g/mol. The molecule has 0 saturated carbocycles. The molecule has 7 heteroatoms. The Kier molecular flexibility index (Phi) is 3.39. The van der Waals surface area contributed by atoms with Gasteiger partial charge in [-0.1, -0.05) is 11.8 Å². The molecule has 0 unspecified atom stereocenters. The van der Waals surface area contributed by atoms with E-state index in [2.05, 4.69) is 25.9 Å². The van der Waals surface area contributed by atoms with Crippen LogP contribution in [0.4, 0.5) is 4.39 Å². The van der Waals surface area contributed by atoms with E-state index < -0.39 is 11.4 Å². The van der Waals surface area contributed by atoms with Crippen LogP contribution in [-0.2, 0) is 0 Å². The summed E-state index contributed by atoms with van der Waals surface area (Å²) in [5, 5.41) is 0.479. The summed E-state index contributed by atoms with van der Waals surface area (Å²) in [6.45, 7) is 0. The zero-order valence-electron chi connectivity index (χ0n) is 9.01. The van der Waals surface area contributed by atoms with Crippen LogP contribution in [0.3, 0.4) is 0 Å². The molecule has 0 atom stereocenters. The van der Waals surface area contributed by atoms with E-state index in [-0.39, 0.29) is 21.1 Å². The first-order valence-corrected chi connectivity index (χ1v) is 6.60. The van der Waals surface area contributed by atoms with Gasteiger partial charge in [0.05, 0.1) is 11.6 Å². The third-order valence-corrected chi connectivity index (χ3v) is 3.39. The number of halogens is 2. The maximum atomic E-state index is 13.9. The minimum atomic E-state index is -0.567. The molecule has 0 bridgehead atoms. The molecule has 0 spiro atoms. The third kappa shape index (κ3) is 2.04. The van der Waals surface area contributed by atoms with Gasteiger partial charge in [-0.2, -0.15) is 0 Å². The average molecular weight is 319 g/mol. The van der Waals surface area contributed by atoms with Gasteiger partial charge in [0.2, 0.25) is 0 Å². The predicted molar refractivity (Wildman–Crippen MR) is 68.4 cm³/mol. The summed E-state index contributed by atoms with van der Waals surface area (Å²) < 4.78 is 19.2. The fourth-order valence-electron chi connectivity index (χ4n) is 1.46. The van der Waals surface area contributed by atoms with Gasteiger partial charge in [-0.25, -0.2) is 9.37 Å². The molecule has 0 fully saturated rings. The van der Waals surface area contributed by atoms with Gasteiger partial charge in [0.15, 0.2) is 11.0 Å². The molecule has 0 saturated heterocycles. The summed E-state index contributed by atoms with van der Waals surface area (Å²) in [4.78, 5) is 18.4. The Hall–Kier alpha value is -1.08. The Morgan fingerprint density at radius 3 is 2.88 bits per heavy atom. The normalized spacial score (nSPS) is 10.8. The number of hydrogen-bond acceptors (Lipinski definition) is 4. The van der Waals surface area contributed by atoms with E-state index in [1.54, 1.807) is 6.26 Å². The van der Waals surface area contributed by atoms with Gasteiger partial charge in [0, 0.05) is 0 Å². The fourth-order valence-corrected chi connectivity index (χ4v) is 2.23.